The van der Waals surface area contributed by atoms with Gasteiger partial charge in [0, 0.05) is 10.6 Å². The van der Waals surface area contributed by atoms with Crippen LogP contribution in [0.3, 0.4) is 0 Å². The van der Waals surface area contributed by atoms with Gasteiger partial charge in [-0.15, -0.1) is 10.2 Å². The van der Waals surface area contributed by atoms with Crippen molar-refractivity contribution in [3.05, 3.63) is 53.1 Å². The van der Waals surface area contributed by atoms with E-state index in [-0.39, 0.29) is 23.2 Å². The SMILES string of the molecule is Nc1nnc(-c2ccc(C(F)(F)F)cc2)n1-c1cc(Cl)ccc1O. The zero-order valence-electron chi connectivity index (χ0n) is 11.9. The summed E-state index contributed by atoms with van der Waals surface area (Å²) in [5, 5.41) is 18.0. The molecule has 3 rings (SSSR count). The van der Waals surface area contributed by atoms with Crippen LogP contribution in [0.4, 0.5) is 19.1 Å². The van der Waals surface area contributed by atoms with Gasteiger partial charge in [-0.25, -0.2) is 0 Å². The van der Waals surface area contributed by atoms with E-state index in [1.54, 1.807) is 0 Å². The zero-order chi connectivity index (χ0) is 17.5. The van der Waals surface area contributed by atoms with Crippen LogP contribution in [0.2, 0.25) is 5.02 Å². The van der Waals surface area contributed by atoms with E-state index >= 15 is 0 Å². The first-order chi connectivity index (χ1) is 11.3. The molecule has 9 heteroatoms. The summed E-state index contributed by atoms with van der Waals surface area (Å²) in [5.74, 6) is 0.0142. The van der Waals surface area contributed by atoms with Crippen LogP contribution in [0.5, 0.6) is 5.75 Å². The summed E-state index contributed by atoms with van der Waals surface area (Å²) in [6, 6.07) is 8.68. The van der Waals surface area contributed by atoms with E-state index in [0.29, 0.717) is 10.6 Å². The maximum absolute atomic E-state index is 12.7. The highest BCUT2D eigenvalue weighted by Gasteiger charge is 2.30. The Hall–Kier alpha value is -2.74. The number of anilines is 1. The lowest BCUT2D eigenvalue weighted by Crippen LogP contribution is -2.05. The van der Waals surface area contributed by atoms with Gasteiger partial charge in [-0.2, -0.15) is 13.2 Å². The Kier molecular flexibility index (Phi) is 3.84. The molecule has 0 aliphatic heterocycles. The molecule has 5 nitrogen and oxygen atoms in total. The Labute approximate surface area is 139 Å². The van der Waals surface area contributed by atoms with Crippen molar-refractivity contribution in [2.45, 2.75) is 6.18 Å². The average Bonchev–Trinajstić information content (AvgIpc) is 2.90. The van der Waals surface area contributed by atoms with Crippen molar-refractivity contribution in [1.29, 1.82) is 0 Å². The summed E-state index contributed by atoms with van der Waals surface area (Å²) in [6.07, 6.45) is -4.43. The lowest BCUT2D eigenvalue weighted by atomic mass is 10.1. The minimum Gasteiger partial charge on any atom is -0.506 e. The quantitative estimate of drug-likeness (QED) is 0.732. The molecule has 24 heavy (non-hydrogen) atoms. The summed E-state index contributed by atoms with van der Waals surface area (Å²) in [7, 11) is 0. The molecule has 0 saturated carbocycles. The molecule has 3 N–H and O–H groups in total. The Morgan fingerprint density at radius 2 is 1.71 bits per heavy atom. The normalized spacial score (nSPS) is 11.7. The molecule has 2 aromatic carbocycles. The van der Waals surface area contributed by atoms with Crippen LogP contribution < -0.4 is 5.73 Å². The topological polar surface area (TPSA) is 77.0 Å². The van der Waals surface area contributed by atoms with Crippen LogP contribution in [0.1, 0.15) is 5.56 Å². The number of nitrogens with zero attached hydrogens (tertiary/aromatic N) is 3. The largest absolute Gasteiger partial charge is 0.506 e. The van der Waals surface area contributed by atoms with Gasteiger partial charge in [0.05, 0.1) is 11.3 Å². The number of alkyl halides is 3. The van der Waals surface area contributed by atoms with Gasteiger partial charge in [-0.3, -0.25) is 4.57 Å². The van der Waals surface area contributed by atoms with Gasteiger partial charge in [0.25, 0.3) is 0 Å². The fourth-order valence-corrected chi connectivity index (χ4v) is 2.37. The molecule has 1 heterocycles. The van der Waals surface area contributed by atoms with Crippen molar-refractivity contribution >= 4 is 17.5 Å². The number of phenolic OH excluding ortho intramolecular Hbond substituents is 1. The monoisotopic (exact) mass is 354 g/mol. The minimum absolute atomic E-state index is 0.0394. The standard InChI is InChI=1S/C15H10ClF3N4O/c16-10-5-6-12(24)11(7-10)23-13(21-22-14(23)20)8-1-3-9(4-2-8)15(17,18)19/h1-7,24H,(H2,20,22). The predicted octanol–water partition coefficient (Wildman–Crippen LogP) is 3.89. The van der Waals surface area contributed by atoms with Crippen molar-refractivity contribution in [2.75, 3.05) is 5.73 Å². The molecule has 0 aliphatic carbocycles. The van der Waals surface area contributed by atoms with Crippen molar-refractivity contribution < 1.29 is 18.3 Å². The number of benzene rings is 2. The molecule has 124 valence electrons. The van der Waals surface area contributed by atoms with Crippen LogP contribution in [0.15, 0.2) is 42.5 Å². The summed E-state index contributed by atoms with van der Waals surface area (Å²) in [4.78, 5) is 0. The van der Waals surface area contributed by atoms with E-state index in [9.17, 15) is 18.3 Å². The van der Waals surface area contributed by atoms with Gasteiger partial charge in [0.15, 0.2) is 5.82 Å². The van der Waals surface area contributed by atoms with Crippen LogP contribution in [0.25, 0.3) is 17.1 Å². The molecule has 1 aromatic heterocycles. The lowest BCUT2D eigenvalue weighted by molar-refractivity contribution is -0.137. The number of aromatic hydroxyl groups is 1. The van der Waals surface area contributed by atoms with Crippen LogP contribution in [-0.4, -0.2) is 19.9 Å². The highest BCUT2D eigenvalue weighted by molar-refractivity contribution is 6.30. The summed E-state index contributed by atoms with van der Waals surface area (Å²) in [5.41, 5.74) is 5.58. The Balaban J connectivity index is 2.13. The number of nitrogen functional groups attached to an aromatic ring is 1. The third kappa shape index (κ3) is 2.88. The van der Waals surface area contributed by atoms with Crippen LogP contribution in [0, 0.1) is 0 Å². The van der Waals surface area contributed by atoms with Gasteiger partial charge >= 0.3 is 6.18 Å². The summed E-state index contributed by atoms with van der Waals surface area (Å²) < 4.78 is 39.3. The first-order valence-electron chi connectivity index (χ1n) is 6.65. The van der Waals surface area contributed by atoms with Gasteiger partial charge in [-0.1, -0.05) is 23.7 Å². The number of halogens is 4. The van der Waals surface area contributed by atoms with Gasteiger partial charge < -0.3 is 10.8 Å². The van der Waals surface area contributed by atoms with E-state index in [1.165, 1.54) is 34.9 Å². The fraction of sp³-hybridized carbons (Fsp3) is 0.0667. The van der Waals surface area contributed by atoms with E-state index in [4.69, 9.17) is 17.3 Å². The van der Waals surface area contributed by atoms with Crippen molar-refractivity contribution in [3.63, 3.8) is 0 Å². The molecule has 0 amide bonds. The van der Waals surface area contributed by atoms with Gasteiger partial charge in [-0.05, 0) is 30.3 Å². The molecule has 0 spiro atoms. The molecular weight excluding hydrogens is 345 g/mol. The van der Waals surface area contributed by atoms with Gasteiger partial charge in [0.1, 0.15) is 5.75 Å². The number of hydrogen-bond donors (Lipinski definition) is 2. The molecule has 3 aromatic rings. The maximum atomic E-state index is 12.7. The second-order valence-corrected chi connectivity index (χ2v) is 5.36. The number of nitrogens with two attached hydrogens (primary N) is 1. The summed E-state index contributed by atoms with van der Waals surface area (Å²) in [6.45, 7) is 0. The van der Waals surface area contributed by atoms with Crippen molar-refractivity contribution in [3.8, 4) is 22.8 Å². The zero-order valence-corrected chi connectivity index (χ0v) is 12.7. The Bertz CT molecular complexity index is 891. The van der Waals surface area contributed by atoms with Crippen LogP contribution >= 0.6 is 11.6 Å². The van der Waals surface area contributed by atoms with E-state index in [1.807, 2.05) is 0 Å². The van der Waals surface area contributed by atoms with Crippen LogP contribution in [-0.2, 0) is 6.18 Å². The number of rotatable bonds is 2. The highest BCUT2D eigenvalue weighted by Crippen LogP contribution is 2.33. The van der Waals surface area contributed by atoms with E-state index < -0.39 is 11.7 Å². The lowest BCUT2D eigenvalue weighted by Gasteiger charge is -2.11. The van der Waals surface area contributed by atoms with E-state index in [0.717, 1.165) is 12.1 Å². The Morgan fingerprint density at radius 3 is 2.33 bits per heavy atom. The maximum Gasteiger partial charge on any atom is 0.416 e. The Morgan fingerprint density at radius 1 is 1.04 bits per heavy atom. The molecule has 0 saturated heterocycles. The second-order valence-electron chi connectivity index (χ2n) is 4.93. The molecule has 0 unspecified atom stereocenters. The third-order valence-corrected chi connectivity index (χ3v) is 3.57. The first kappa shape index (κ1) is 16.1. The molecule has 0 bridgehead atoms. The van der Waals surface area contributed by atoms with Crippen molar-refractivity contribution in [2.24, 2.45) is 0 Å². The number of phenols is 1. The van der Waals surface area contributed by atoms with E-state index in [2.05, 4.69) is 10.2 Å². The highest BCUT2D eigenvalue weighted by atomic mass is 35.5. The number of hydrogen-bond acceptors (Lipinski definition) is 4. The third-order valence-electron chi connectivity index (χ3n) is 3.34. The molecular formula is C15H10ClF3N4O. The average molecular weight is 355 g/mol. The fourth-order valence-electron chi connectivity index (χ4n) is 2.20. The minimum atomic E-state index is -4.43. The predicted molar refractivity (Wildman–Crippen MR) is 82.9 cm³/mol. The molecule has 0 fully saturated rings. The molecule has 0 aliphatic rings. The van der Waals surface area contributed by atoms with Gasteiger partial charge in [0.2, 0.25) is 5.95 Å². The number of aromatic nitrogens is 3. The molecule has 0 radical (unpaired) electrons. The summed E-state index contributed by atoms with van der Waals surface area (Å²) >= 11 is 5.92. The molecule has 0 atom stereocenters. The first-order valence-corrected chi connectivity index (χ1v) is 7.02. The smallest absolute Gasteiger partial charge is 0.416 e. The second kappa shape index (κ2) is 5.72. The van der Waals surface area contributed by atoms with Crippen molar-refractivity contribution in [1.82, 2.24) is 14.8 Å².